The third kappa shape index (κ3) is 7.19. The Bertz CT molecular complexity index is 1570. The molecule has 1 aliphatic carbocycles. The van der Waals surface area contributed by atoms with E-state index >= 15 is 0 Å². The smallest absolute Gasteiger partial charge is 0.253 e. The standard InChI is InChI=1S/C37H48N4O4/c1-5-41(30-11-15-45-16-12-30)35-20-28(19-31(25(35)4)36(42)38-22-33-23(2)17-24(3)39-37(33)43)26-7-6-8-27(18-26)32-21-34(32)40-29-9-13-44-14-10-29/h6-8,17-20,29-30,32,34,40H,5,9-16,21-22H2,1-4H3,(H,38,42)(H,39,43)/t32-,34+/m0/s1. The van der Waals surface area contributed by atoms with Crippen molar-refractivity contribution in [3.63, 3.8) is 0 Å². The normalized spacial score (nSPS) is 20.6. The SMILES string of the molecule is CCN(c1cc(-c2cccc([C@@H]3C[C@H]3NC3CCOCC3)c2)cc(C(=O)NCc2c(C)cc(C)[nH]c2=O)c1C)C1CCOCC1. The van der Waals surface area contributed by atoms with Gasteiger partial charge in [-0.3, -0.25) is 9.59 Å². The number of rotatable bonds is 10. The van der Waals surface area contributed by atoms with E-state index in [0.717, 1.165) is 98.7 Å². The number of anilines is 1. The molecule has 3 aromatic rings. The first kappa shape index (κ1) is 31.5. The monoisotopic (exact) mass is 612 g/mol. The molecule has 3 aliphatic rings. The number of H-pyrrole nitrogens is 1. The van der Waals surface area contributed by atoms with Crippen molar-refractivity contribution in [2.24, 2.45) is 0 Å². The highest BCUT2D eigenvalue weighted by Gasteiger charge is 2.39. The quantitative estimate of drug-likeness (QED) is 0.279. The van der Waals surface area contributed by atoms with Crippen molar-refractivity contribution in [2.45, 2.75) is 90.4 Å². The zero-order valence-corrected chi connectivity index (χ0v) is 27.2. The molecule has 0 spiro atoms. The number of aromatic nitrogens is 1. The lowest BCUT2D eigenvalue weighted by Crippen LogP contribution is -2.40. The van der Waals surface area contributed by atoms with Crippen LogP contribution in [0.25, 0.3) is 11.1 Å². The molecule has 240 valence electrons. The van der Waals surface area contributed by atoms with Gasteiger partial charge in [0.15, 0.2) is 0 Å². The molecule has 6 rings (SSSR count). The van der Waals surface area contributed by atoms with Crippen LogP contribution in [0, 0.1) is 20.8 Å². The molecule has 2 aliphatic heterocycles. The predicted octanol–water partition coefficient (Wildman–Crippen LogP) is 5.53. The van der Waals surface area contributed by atoms with Crippen molar-refractivity contribution in [3.8, 4) is 11.1 Å². The number of carbonyl (C=O) groups is 1. The Morgan fingerprint density at radius 1 is 0.956 bits per heavy atom. The van der Waals surface area contributed by atoms with E-state index in [1.54, 1.807) is 0 Å². The van der Waals surface area contributed by atoms with Crippen molar-refractivity contribution in [1.29, 1.82) is 0 Å². The number of carbonyl (C=O) groups excluding carboxylic acids is 1. The third-order valence-corrected chi connectivity index (χ3v) is 9.94. The highest BCUT2D eigenvalue weighted by atomic mass is 16.5. The highest BCUT2D eigenvalue weighted by molar-refractivity contribution is 5.99. The fourth-order valence-electron chi connectivity index (χ4n) is 7.25. The summed E-state index contributed by atoms with van der Waals surface area (Å²) in [5.41, 5.74) is 8.30. The first-order valence-corrected chi connectivity index (χ1v) is 16.7. The average molecular weight is 613 g/mol. The maximum atomic E-state index is 13.9. The summed E-state index contributed by atoms with van der Waals surface area (Å²) in [5.74, 6) is 0.336. The number of nitrogens with zero attached hydrogens (tertiary/aromatic N) is 1. The second kappa shape index (κ2) is 13.9. The van der Waals surface area contributed by atoms with Crippen LogP contribution in [-0.4, -0.2) is 62.0 Å². The van der Waals surface area contributed by atoms with Crippen LogP contribution in [0.15, 0.2) is 47.3 Å². The molecule has 2 atom stereocenters. The van der Waals surface area contributed by atoms with E-state index in [1.165, 1.54) is 5.56 Å². The number of pyridine rings is 1. The molecular weight excluding hydrogens is 564 g/mol. The van der Waals surface area contributed by atoms with Gasteiger partial charge in [0.1, 0.15) is 0 Å². The van der Waals surface area contributed by atoms with Crippen LogP contribution >= 0.6 is 0 Å². The lowest BCUT2D eigenvalue weighted by Gasteiger charge is -2.37. The molecule has 0 radical (unpaired) electrons. The van der Waals surface area contributed by atoms with Crippen LogP contribution in [0.2, 0.25) is 0 Å². The van der Waals surface area contributed by atoms with Crippen LogP contribution < -0.4 is 21.1 Å². The Morgan fingerprint density at radius 3 is 2.40 bits per heavy atom. The summed E-state index contributed by atoms with van der Waals surface area (Å²) in [4.78, 5) is 31.9. The van der Waals surface area contributed by atoms with Gasteiger partial charge in [0.25, 0.3) is 11.5 Å². The van der Waals surface area contributed by atoms with E-state index in [2.05, 4.69) is 57.8 Å². The van der Waals surface area contributed by atoms with Crippen molar-refractivity contribution < 1.29 is 14.3 Å². The zero-order valence-electron chi connectivity index (χ0n) is 27.2. The molecule has 3 N–H and O–H groups in total. The molecule has 8 heteroatoms. The molecule has 1 saturated carbocycles. The van der Waals surface area contributed by atoms with Crippen LogP contribution in [0.3, 0.4) is 0 Å². The summed E-state index contributed by atoms with van der Waals surface area (Å²) >= 11 is 0. The Labute approximate surface area is 266 Å². The molecule has 3 fully saturated rings. The first-order chi connectivity index (χ1) is 21.8. The number of ether oxygens (including phenoxy) is 2. The number of nitrogens with one attached hydrogen (secondary N) is 3. The summed E-state index contributed by atoms with van der Waals surface area (Å²) < 4.78 is 11.2. The molecule has 0 unspecified atom stereocenters. The number of aromatic amines is 1. The van der Waals surface area contributed by atoms with Crippen molar-refractivity contribution >= 4 is 11.6 Å². The fourth-order valence-corrected chi connectivity index (χ4v) is 7.25. The molecule has 1 amide bonds. The van der Waals surface area contributed by atoms with Crippen LogP contribution in [0.1, 0.15) is 83.3 Å². The van der Waals surface area contributed by atoms with Gasteiger partial charge in [-0.2, -0.15) is 0 Å². The van der Waals surface area contributed by atoms with E-state index in [1.807, 2.05) is 32.9 Å². The van der Waals surface area contributed by atoms with Crippen LogP contribution in [-0.2, 0) is 16.0 Å². The van der Waals surface area contributed by atoms with Gasteiger partial charge in [0.2, 0.25) is 0 Å². The number of aryl methyl sites for hydroxylation is 2. The Kier molecular flexibility index (Phi) is 9.73. The number of benzene rings is 2. The molecule has 2 saturated heterocycles. The minimum absolute atomic E-state index is 0.155. The van der Waals surface area contributed by atoms with Gasteiger partial charge in [-0.25, -0.2) is 0 Å². The third-order valence-electron chi connectivity index (χ3n) is 9.94. The van der Waals surface area contributed by atoms with Gasteiger partial charge >= 0.3 is 0 Å². The maximum absolute atomic E-state index is 13.9. The van der Waals surface area contributed by atoms with E-state index in [-0.39, 0.29) is 18.0 Å². The largest absolute Gasteiger partial charge is 0.381 e. The van der Waals surface area contributed by atoms with Gasteiger partial charge in [-0.15, -0.1) is 0 Å². The summed E-state index contributed by atoms with van der Waals surface area (Å²) in [5, 5.41) is 6.93. The minimum atomic E-state index is -0.169. The van der Waals surface area contributed by atoms with Gasteiger partial charge < -0.3 is 30.0 Å². The number of amides is 1. The summed E-state index contributed by atoms with van der Waals surface area (Å²) in [6, 6.07) is 16.5. The van der Waals surface area contributed by atoms with E-state index in [9.17, 15) is 9.59 Å². The number of hydrogen-bond acceptors (Lipinski definition) is 6. The molecule has 3 heterocycles. The summed E-state index contributed by atoms with van der Waals surface area (Å²) in [6.45, 7) is 12.2. The van der Waals surface area contributed by atoms with Gasteiger partial charge in [-0.1, -0.05) is 24.3 Å². The second-order valence-electron chi connectivity index (χ2n) is 13.1. The average Bonchev–Trinajstić information content (AvgIpc) is 3.81. The second-order valence-corrected chi connectivity index (χ2v) is 13.1. The minimum Gasteiger partial charge on any atom is -0.381 e. The topological polar surface area (TPSA) is 95.7 Å². The van der Waals surface area contributed by atoms with E-state index in [4.69, 9.17) is 9.47 Å². The van der Waals surface area contributed by atoms with Gasteiger partial charge in [0.05, 0.1) is 0 Å². The summed E-state index contributed by atoms with van der Waals surface area (Å²) in [6.07, 6.45) is 5.25. The van der Waals surface area contributed by atoms with Crippen LogP contribution in [0.5, 0.6) is 0 Å². The fraction of sp³-hybridized carbons (Fsp3) is 0.514. The molecule has 1 aromatic heterocycles. The zero-order chi connectivity index (χ0) is 31.5. The van der Waals surface area contributed by atoms with Crippen molar-refractivity contribution in [3.05, 3.63) is 86.3 Å². The van der Waals surface area contributed by atoms with E-state index < -0.39 is 0 Å². The maximum Gasteiger partial charge on any atom is 0.253 e. The summed E-state index contributed by atoms with van der Waals surface area (Å²) in [7, 11) is 0. The Hall–Kier alpha value is -3.46. The van der Waals surface area contributed by atoms with Gasteiger partial charge in [-0.05, 0) is 106 Å². The van der Waals surface area contributed by atoms with Crippen molar-refractivity contribution in [1.82, 2.24) is 15.6 Å². The van der Waals surface area contributed by atoms with Gasteiger partial charge in [0, 0.05) is 86.1 Å². The number of hydrogen-bond donors (Lipinski definition) is 3. The molecular formula is C37H48N4O4. The Morgan fingerprint density at radius 2 is 1.69 bits per heavy atom. The van der Waals surface area contributed by atoms with Crippen molar-refractivity contribution in [2.75, 3.05) is 37.9 Å². The van der Waals surface area contributed by atoms with Crippen LogP contribution in [0.4, 0.5) is 5.69 Å². The molecule has 0 bridgehead atoms. The van der Waals surface area contributed by atoms with E-state index in [0.29, 0.717) is 35.2 Å². The first-order valence-electron chi connectivity index (χ1n) is 16.7. The highest BCUT2D eigenvalue weighted by Crippen LogP contribution is 2.43. The Balaban J connectivity index is 1.30. The molecule has 2 aromatic carbocycles. The molecule has 8 nitrogen and oxygen atoms in total. The molecule has 45 heavy (non-hydrogen) atoms. The lowest BCUT2D eigenvalue weighted by molar-refractivity contribution is 0.0774. The lowest BCUT2D eigenvalue weighted by atomic mass is 9.94. The predicted molar refractivity (Wildman–Crippen MR) is 179 cm³/mol.